The van der Waals surface area contributed by atoms with Crippen LogP contribution in [0.1, 0.15) is 11.3 Å². The number of carbonyl (C=O) groups is 1. The minimum absolute atomic E-state index is 0.0160. The quantitative estimate of drug-likeness (QED) is 0.649. The number of aliphatic carboxylic acids is 1. The number of carboxylic acid groups (broad SMARTS) is 1. The van der Waals surface area contributed by atoms with Crippen molar-refractivity contribution < 1.29 is 9.90 Å². The first-order valence-electron chi connectivity index (χ1n) is 3.35. The first-order valence-corrected chi connectivity index (χ1v) is 3.35. The molecule has 0 aliphatic heterocycles. The molecule has 3 nitrogen and oxygen atoms in total. The molecule has 0 aliphatic rings. The van der Waals surface area contributed by atoms with Crippen molar-refractivity contribution in [1.82, 2.24) is 4.98 Å². The van der Waals surface area contributed by atoms with Crippen LogP contribution in [0.15, 0.2) is 18.3 Å². The van der Waals surface area contributed by atoms with Crippen molar-refractivity contribution in [3.63, 3.8) is 0 Å². The zero-order valence-corrected chi connectivity index (χ0v) is 6.32. The zero-order valence-electron chi connectivity index (χ0n) is 6.32. The molecule has 0 unspecified atom stereocenters. The molecule has 1 aromatic rings. The van der Waals surface area contributed by atoms with E-state index < -0.39 is 5.97 Å². The van der Waals surface area contributed by atoms with Gasteiger partial charge in [-0.15, -0.1) is 6.42 Å². The molecule has 0 fully saturated rings. The number of carboxylic acids is 1. The Labute approximate surface area is 70.1 Å². The van der Waals surface area contributed by atoms with Gasteiger partial charge in [-0.25, -0.2) is 4.98 Å². The number of aromatic nitrogens is 1. The maximum Gasteiger partial charge on any atom is 0.307 e. The molecule has 1 aromatic heterocycles. The Morgan fingerprint density at radius 3 is 2.83 bits per heavy atom. The third-order valence-electron chi connectivity index (χ3n) is 1.33. The summed E-state index contributed by atoms with van der Waals surface area (Å²) in [6.45, 7) is 0. The summed E-state index contributed by atoms with van der Waals surface area (Å²) in [4.78, 5) is 14.1. The lowest BCUT2D eigenvalue weighted by molar-refractivity contribution is -0.136. The second kappa shape index (κ2) is 3.54. The van der Waals surface area contributed by atoms with E-state index in [1.54, 1.807) is 12.1 Å². The molecule has 12 heavy (non-hydrogen) atoms. The summed E-state index contributed by atoms with van der Waals surface area (Å²) >= 11 is 0. The molecule has 0 aromatic carbocycles. The van der Waals surface area contributed by atoms with Crippen molar-refractivity contribution in [1.29, 1.82) is 0 Å². The van der Waals surface area contributed by atoms with Crippen molar-refractivity contribution in [2.45, 2.75) is 6.42 Å². The van der Waals surface area contributed by atoms with Crippen LogP contribution in [-0.2, 0) is 11.2 Å². The number of nitrogens with zero attached hydrogens (tertiary/aromatic N) is 1. The third-order valence-corrected chi connectivity index (χ3v) is 1.33. The van der Waals surface area contributed by atoms with E-state index in [0.717, 1.165) is 0 Å². The van der Waals surface area contributed by atoms with Crippen molar-refractivity contribution in [2.75, 3.05) is 0 Å². The van der Waals surface area contributed by atoms with E-state index in [4.69, 9.17) is 11.5 Å². The minimum atomic E-state index is -0.870. The molecule has 1 N–H and O–H groups in total. The highest BCUT2D eigenvalue weighted by Crippen LogP contribution is 1.99. The molecule has 0 radical (unpaired) electrons. The molecule has 1 rings (SSSR count). The Morgan fingerprint density at radius 2 is 2.42 bits per heavy atom. The van der Waals surface area contributed by atoms with Crippen molar-refractivity contribution >= 4 is 5.97 Å². The predicted molar refractivity (Wildman–Crippen MR) is 43.5 cm³/mol. The van der Waals surface area contributed by atoms with Crippen LogP contribution in [0.3, 0.4) is 0 Å². The largest absolute Gasteiger partial charge is 0.481 e. The Bertz CT molecular complexity index is 321. The maximum absolute atomic E-state index is 10.3. The highest BCUT2D eigenvalue weighted by Gasteiger charge is 1.99. The van der Waals surface area contributed by atoms with Crippen molar-refractivity contribution in [3.8, 4) is 12.3 Å². The first-order chi connectivity index (χ1) is 5.72. The smallest absolute Gasteiger partial charge is 0.307 e. The summed E-state index contributed by atoms with van der Waals surface area (Å²) in [5.74, 6) is 1.48. The number of terminal acetylenes is 1. The summed E-state index contributed by atoms with van der Waals surface area (Å²) in [5, 5.41) is 8.43. The molecule has 1 heterocycles. The van der Waals surface area contributed by atoms with Gasteiger partial charge in [0.25, 0.3) is 0 Å². The van der Waals surface area contributed by atoms with Crippen LogP contribution in [0, 0.1) is 12.3 Å². The van der Waals surface area contributed by atoms with Crippen LogP contribution < -0.4 is 0 Å². The topological polar surface area (TPSA) is 50.2 Å². The van der Waals surface area contributed by atoms with Crippen molar-refractivity contribution in [2.24, 2.45) is 0 Å². The van der Waals surface area contributed by atoms with Crippen LogP contribution in [0.5, 0.6) is 0 Å². The monoisotopic (exact) mass is 161 g/mol. The lowest BCUT2D eigenvalue weighted by atomic mass is 10.2. The highest BCUT2D eigenvalue weighted by molar-refractivity contribution is 5.69. The Balaban J connectivity index is 2.80. The summed E-state index contributed by atoms with van der Waals surface area (Å²) in [6.07, 6.45) is 6.53. The fourth-order valence-corrected chi connectivity index (χ4v) is 0.789. The van der Waals surface area contributed by atoms with Crippen LogP contribution >= 0.6 is 0 Å². The SMILES string of the molecule is C#Cc1ccc(CC(=O)O)cn1. The van der Waals surface area contributed by atoms with E-state index in [1.807, 2.05) is 0 Å². The second-order valence-electron chi connectivity index (χ2n) is 2.27. The number of hydrogen-bond acceptors (Lipinski definition) is 2. The molecule has 0 atom stereocenters. The van der Waals surface area contributed by atoms with Crippen LogP contribution in [0.2, 0.25) is 0 Å². The average Bonchev–Trinajstić information content (AvgIpc) is 2.05. The van der Waals surface area contributed by atoms with Gasteiger partial charge in [-0.3, -0.25) is 4.79 Å². The summed E-state index contributed by atoms with van der Waals surface area (Å²) in [6, 6.07) is 3.29. The van der Waals surface area contributed by atoms with Gasteiger partial charge in [-0.05, 0) is 11.6 Å². The molecule has 60 valence electrons. The molecule has 0 bridgehead atoms. The Hall–Kier alpha value is -1.82. The van der Waals surface area contributed by atoms with Gasteiger partial charge in [0.15, 0.2) is 0 Å². The Morgan fingerprint density at radius 1 is 1.67 bits per heavy atom. The minimum Gasteiger partial charge on any atom is -0.481 e. The standard InChI is InChI=1S/C9H7NO2/c1-2-8-4-3-7(6-10-8)5-9(11)12/h1,3-4,6H,5H2,(H,11,12). The molecule has 0 saturated carbocycles. The van der Waals surface area contributed by atoms with Crippen LogP contribution in [0.25, 0.3) is 0 Å². The first kappa shape index (κ1) is 8.28. The third kappa shape index (κ3) is 2.10. The van der Waals surface area contributed by atoms with Gasteiger partial charge in [-0.2, -0.15) is 0 Å². The molecular weight excluding hydrogens is 154 g/mol. The lowest BCUT2D eigenvalue weighted by Gasteiger charge is -1.94. The Kier molecular flexibility index (Phi) is 2.44. The van der Waals surface area contributed by atoms with Gasteiger partial charge in [-0.1, -0.05) is 12.0 Å². The number of rotatable bonds is 2. The normalized spacial score (nSPS) is 8.92. The molecule has 0 spiro atoms. The fourth-order valence-electron chi connectivity index (χ4n) is 0.789. The van der Waals surface area contributed by atoms with E-state index in [0.29, 0.717) is 11.3 Å². The van der Waals surface area contributed by atoms with Crippen LogP contribution in [-0.4, -0.2) is 16.1 Å². The van der Waals surface area contributed by atoms with Gasteiger partial charge in [0, 0.05) is 6.20 Å². The molecule has 0 aliphatic carbocycles. The molecule has 3 heteroatoms. The number of hydrogen-bond donors (Lipinski definition) is 1. The molecule has 0 amide bonds. The van der Waals surface area contributed by atoms with E-state index in [1.165, 1.54) is 6.20 Å². The van der Waals surface area contributed by atoms with E-state index in [9.17, 15) is 4.79 Å². The zero-order chi connectivity index (χ0) is 8.97. The van der Waals surface area contributed by atoms with E-state index >= 15 is 0 Å². The summed E-state index contributed by atoms with van der Waals surface area (Å²) in [7, 11) is 0. The highest BCUT2D eigenvalue weighted by atomic mass is 16.4. The van der Waals surface area contributed by atoms with Gasteiger partial charge in [0.1, 0.15) is 5.69 Å². The predicted octanol–water partition coefficient (Wildman–Crippen LogP) is 0.690. The van der Waals surface area contributed by atoms with E-state index in [-0.39, 0.29) is 6.42 Å². The summed E-state index contributed by atoms with van der Waals surface area (Å²) < 4.78 is 0. The van der Waals surface area contributed by atoms with Crippen molar-refractivity contribution in [3.05, 3.63) is 29.6 Å². The van der Waals surface area contributed by atoms with Gasteiger partial charge in [0.2, 0.25) is 0 Å². The van der Waals surface area contributed by atoms with Crippen LogP contribution in [0.4, 0.5) is 0 Å². The fraction of sp³-hybridized carbons (Fsp3) is 0.111. The average molecular weight is 161 g/mol. The van der Waals surface area contributed by atoms with Gasteiger partial charge < -0.3 is 5.11 Å². The van der Waals surface area contributed by atoms with Gasteiger partial charge >= 0.3 is 5.97 Å². The maximum atomic E-state index is 10.3. The summed E-state index contributed by atoms with van der Waals surface area (Å²) in [5.41, 5.74) is 1.17. The number of pyridine rings is 1. The lowest BCUT2D eigenvalue weighted by Crippen LogP contribution is -2.00. The van der Waals surface area contributed by atoms with E-state index in [2.05, 4.69) is 10.9 Å². The molecule has 0 saturated heterocycles. The van der Waals surface area contributed by atoms with Gasteiger partial charge in [0.05, 0.1) is 6.42 Å². The molecular formula is C9H7NO2. The second-order valence-corrected chi connectivity index (χ2v) is 2.27.